The van der Waals surface area contributed by atoms with Crippen molar-refractivity contribution in [3.63, 3.8) is 0 Å². The molecule has 0 amide bonds. The molecule has 1 aromatic carbocycles. The maximum atomic E-state index is 4.93. The van der Waals surface area contributed by atoms with Gasteiger partial charge >= 0.3 is 0 Å². The number of nitrogens with one attached hydrogen (secondary N) is 1. The Bertz CT molecular complexity index is 431. The van der Waals surface area contributed by atoms with Crippen molar-refractivity contribution in [1.29, 1.82) is 0 Å². The maximum Gasteiger partial charge on any atom is 0.111 e. The van der Waals surface area contributed by atoms with Crippen LogP contribution in [-0.4, -0.2) is 4.98 Å². The Labute approximate surface area is 69.7 Å². The molecule has 0 saturated heterocycles. The topological polar surface area (TPSA) is 15.8 Å². The van der Waals surface area contributed by atoms with Crippen LogP contribution in [0.1, 0.15) is 0 Å². The molecule has 0 spiro atoms. The van der Waals surface area contributed by atoms with Crippen LogP contribution in [0, 0.1) is 10.7 Å². The summed E-state index contributed by atoms with van der Waals surface area (Å²) in [6, 6.07) is 12.8. The zero-order chi connectivity index (χ0) is 7.68. The van der Waals surface area contributed by atoms with E-state index in [-0.39, 0.29) is 0 Å². The Hall–Kier alpha value is -1.15. The van der Waals surface area contributed by atoms with Crippen LogP contribution in [0.2, 0.25) is 0 Å². The van der Waals surface area contributed by atoms with Crippen LogP contribution in [-0.2, 0) is 0 Å². The first-order chi connectivity index (χ1) is 5.36. The van der Waals surface area contributed by atoms with Gasteiger partial charge in [0.15, 0.2) is 0 Å². The van der Waals surface area contributed by atoms with Crippen LogP contribution in [0.5, 0.6) is 0 Å². The van der Waals surface area contributed by atoms with Crippen molar-refractivity contribution in [2.75, 3.05) is 0 Å². The molecule has 0 fully saturated rings. The molecule has 53 valence electrons. The summed E-state index contributed by atoms with van der Waals surface area (Å²) >= 11 is 4.93. The number of fused-ring (bicyclic) bond motifs is 1. The van der Waals surface area contributed by atoms with Crippen molar-refractivity contribution >= 4 is 23.1 Å². The lowest BCUT2D eigenvalue weighted by Crippen LogP contribution is -1.77. The zero-order valence-corrected chi connectivity index (χ0v) is 6.61. The summed E-state index contributed by atoms with van der Waals surface area (Å²) in [6.07, 6.45) is 0. The standard InChI is InChI=1S/C9H6NS/c11-9-6-5-7-3-1-2-4-8(7)10-9/h1-5H,(H,10,11). The normalized spacial score (nSPS) is 10.2. The van der Waals surface area contributed by atoms with Gasteiger partial charge in [0.1, 0.15) is 4.64 Å². The van der Waals surface area contributed by atoms with E-state index in [1.54, 1.807) is 0 Å². The molecule has 0 saturated carbocycles. The molecule has 0 unspecified atom stereocenters. The summed E-state index contributed by atoms with van der Waals surface area (Å²) < 4.78 is 0.656. The number of hydrogen-bond donors (Lipinski definition) is 1. The van der Waals surface area contributed by atoms with Crippen LogP contribution < -0.4 is 0 Å². The highest BCUT2D eigenvalue weighted by molar-refractivity contribution is 7.71. The fourth-order valence-electron chi connectivity index (χ4n) is 1.04. The summed E-state index contributed by atoms with van der Waals surface area (Å²) in [5.41, 5.74) is 1.07. The van der Waals surface area contributed by atoms with Gasteiger partial charge in [-0.3, -0.25) is 0 Å². The van der Waals surface area contributed by atoms with Gasteiger partial charge < -0.3 is 4.98 Å². The van der Waals surface area contributed by atoms with E-state index in [2.05, 4.69) is 11.1 Å². The average molecular weight is 160 g/mol. The Balaban J connectivity index is 2.94. The average Bonchev–Trinajstić information content (AvgIpc) is 2.04. The van der Waals surface area contributed by atoms with Gasteiger partial charge in [0.25, 0.3) is 0 Å². The highest BCUT2D eigenvalue weighted by atomic mass is 32.1. The molecule has 1 N–H and O–H groups in total. The number of hydrogen-bond acceptors (Lipinski definition) is 1. The smallest absolute Gasteiger partial charge is 0.111 e. The molecule has 0 aliphatic carbocycles. The fraction of sp³-hybridized carbons (Fsp3) is 0. The molecule has 0 atom stereocenters. The molecule has 2 heteroatoms. The van der Waals surface area contributed by atoms with Crippen molar-refractivity contribution in [1.82, 2.24) is 4.98 Å². The van der Waals surface area contributed by atoms with Crippen molar-refractivity contribution in [2.24, 2.45) is 0 Å². The van der Waals surface area contributed by atoms with Gasteiger partial charge in [-0.15, -0.1) is 0 Å². The van der Waals surface area contributed by atoms with E-state index in [1.165, 1.54) is 0 Å². The minimum absolute atomic E-state index is 0.656. The number of aromatic amines is 1. The number of rotatable bonds is 0. The first-order valence-corrected chi connectivity index (χ1v) is 3.77. The second kappa shape index (κ2) is 2.47. The van der Waals surface area contributed by atoms with Gasteiger partial charge in [0.2, 0.25) is 0 Å². The van der Waals surface area contributed by atoms with Crippen molar-refractivity contribution in [3.8, 4) is 0 Å². The first kappa shape index (κ1) is 6.55. The molecule has 2 aromatic rings. The highest BCUT2D eigenvalue weighted by Crippen LogP contribution is 2.08. The van der Waals surface area contributed by atoms with E-state index in [4.69, 9.17) is 12.2 Å². The summed E-state index contributed by atoms with van der Waals surface area (Å²) in [7, 11) is 0. The van der Waals surface area contributed by atoms with Crippen LogP contribution in [0.4, 0.5) is 0 Å². The van der Waals surface area contributed by atoms with E-state index < -0.39 is 0 Å². The number of benzene rings is 1. The molecular formula is C9H6NS. The van der Waals surface area contributed by atoms with Gasteiger partial charge in [0, 0.05) is 11.6 Å². The van der Waals surface area contributed by atoms with E-state index in [1.807, 2.05) is 30.3 Å². The molecule has 1 aromatic heterocycles. The lowest BCUT2D eigenvalue weighted by atomic mass is 10.2. The minimum atomic E-state index is 0.656. The van der Waals surface area contributed by atoms with Crippen LogP contribution in [0.25, 0.3) is 10.9 Å². The van der Waals surface area contributed by atoms with Gasteiger partial charge in [-0.05, 0) is 17.5 Å². The predicted octanol–water partition coefficient (Wildman–Crippen LogP) is 2.70. The third-order valence-corrected chi connectivity index (χ3v) is 1.79. The van der Waals surface area contributed by atoms with Crippen molar-refractivity contribution in [3.05, 3.63) is 41.0 Å². The monoisotopic (exact) mass is 160 g/mol. The van der Waals surface area contributed by atoms with Gasteiger partial charge in [-0.2, -0.15) is 0 Å². The third-order valence-electron chi connectivity index (χ3n) is 1.57. The Kier molecular flexibility index (Phi) is 1.47. The SMILES string of the molecule is S=c1[c]cc2ccccc2[nH]1. The quantitative estimate of drug-likeness (QED) is 0.586. The molecule has 11 heavy (non-hydrogen) atoms. The lowest BCUT2D eigenvalue weighted by Gasteiger charge is -1.94. The van der Waals surface area contributed by atoms with E-state index in [0.717, 1.165) is 10.9 Å². The molecule has 1 nitrogen and oxygen atoms in total. The maximum absolute atomic E-state index is 4.93. The molecule has 0 bridgehead atoms. The Morgan fingerprint density at radius 2 is 2.09 bits per heavy atom. The van der Waals surface area contributed by atoms with Crippen molar-refractivity contribution in [2.45, 2.75) is 0 Å². The Morgan fingerprint density at radius 1 is 1.27 bits per heavy atom. The van der Waals surface area contributed by atoms with Gasteiger partial charge in [-0.25, -0.2) is 0 Å². The molecule has 1 radical (unpaired) electrons. The second-order valence-electron chi connectivity index (χ2n) is 2.33. The molecule has 2 rings (SSSR count). The van der Waals surface area contributed by atoms with E-state index in [9.17, 15) is 0 Å². The largest absolute Gasteiger partial charge is 0.346 e. The minimum Gasteiger partial charge on any atom is -0.346 e. The predicted molar refractivity (Wildman–Crippen MR) is 48.0 cm³/mol. The highest BCUT2D eigenvalue weighted by Gasteiger charge is 1.88. The van der Waals surface area contributed by atoms with Crippen LogP contribution >= 0.6 is 12.2 Å². The molecule has 0 aliphatic heterocycles. The Morgan fingerprint density at radius 3 is 3.00 bits per heavy atom. The second-order valence-corrected chi connectivity index (χ2v) is 2.74. The van der Waals surface area contributed by atoms with Crippen LogP contribution in [0.15, 0.2) is 30.3 Å². The van der Waals surface area contributed by atoms with E-state index >= 15 is 0 Å². The van der Waals surface area contributed by atoms with Crippen LogP contribution in [0.3, 0.4) is 0 Å². The number of aromatic nitrogens is 1. The number of pyridine rings is 1. The molecular weight excluding hydrogens is 154 g/mol. The molecule has 1 heterocycles. The summed E-state index contributed by atoms with van der Waals surface area (Å²) in [4.78, 5) is 3.05. The van der Waals surface area contributed by atoms with Crippen molar-refractivity contribution < 1.29 is 0 Å². The van der Waals surface area contributed by atoms with Gasteiger partial charge in [-0.1, -0.05) is 30.4 Å². The molecule has 0 aliphatic rings. The number of H-pyrrole nitrogens is 1. The summed E-state index contributed by atoms with van der Waals surface area (Å²) in [5, 5.41) is 1.14. The zero-order valence-electron chi connectivity index (χ0n) is 5.79. The number of para-hydroxylation sites is 1. The van der Waals surface area contributed by atoms with E-state index in [0.29, 0.717) is 4.64 Å². The van der Waals surface area contributed by atoms with Gasteiger partial charge in [0.05, 0.1) is 0 Å². The summed E-state index contributed by atoms with van der Waals surface area (Å²) in [6.45, 7) is 0. The summed E-state index contributed by atoms with van der Waals surface area (Å²) in [5.74, 6) is 0. The lowest BCUT2D eigenvalue weighted by molar-refractivity contribution is 1.37. The third kappa shape index (κ3) is 1.17. The first-order valence-electron chi connectivity index (χ1n) is 3.36. The fourth-order valence-corrected chi connectivity index (χ4v) is 1.21.